The summed E-state index contributed by atoms with van der Waals surface area (Å²) in [6, 6.07) is 0. The number of allylic oxidation sites excluding steroid dienone is 1. The molecule has 0 aromatic rings. The third kappa shape index (κ3) is 2.77. The second-order valence-corrected chi connectivity index (χ2v) is 5.05. The molecule has 0 bridgehead atoms. The third-order valence-electron chi connectivity index (χ3n) is 3.65. The van der Waals surface area contributed by atoms with Crippen molar-refractivity contribution in [3.05, 3.63) is 12.2 Å². The lowest BCUT2D eigenvalue weighted by atomic mass is 9.81. The summed E-state index contributed by atoms with van der Waals surface area (Å²) in [5.74, 6) is -2.17. The molecule has 86 valence electrons. The molecule has 1 atom stereocenters. The topological polar surface area (TPSA) is 20.2 Å². The summed E-state index contributed by atoms with van der Waals surface area (Å²) >= 11 is 0. The molecule has 2 rings (SSSR count). The first-order chi connectivity index (χ1) is 6.99. The van der Waals surface area contributed by atoms with Crippen LogP contribution in [-0.4, -0.2) is 16.6 Å². The van der Waals surface area contributed by atoms with Crippen molar-refractivity contribution < 1.29 is 13.9 Å². The van der Waals surface area contributed by atoms with Gasteiger partial charge < -0.3 is 5.11 Å². The van der Waals surface area contributed by atoms with Crippen LogP contribution in [0.1, 0.15) is 44.9 Å². The average Bonchev–Trinajstić information content (AvgIpc) is 2.64. The van der Waals surface area contributed by atoms with Gasteiger partial charge in [-0.2, -0.15) is 0 Å². The highest BCUT2D eigenvalue weighted by Crippen LogP contribution is 2.39. The first-order valence-electron chi connectivity index (χ1n) is 5.80. The Labute approximate surface area is 89.2 Å². The van der Waals surface area contributed by atoms with Gasteiger partial charge in [-0.1, -0.05) is 31.8 Å². The Balaban J connectivity index is 1.96. The zero-order chi connectivity index (χ0) is 10.9. The Kier molecular flexibility index (Phi) is 2.84. The maximum Gasteiger partial charge on any atom is 0.266 e. The Hall–Kier alpha value is -0.440. The molecule has 1 saturated carbocycles. The molecule has 2 aliphatic carbocycles. The molecule has 15 heavy (non-hydrogen) atoms. The summed E-state index contributed by atoms with van der Waals surface area (Å²) in [6.07, 6.45) is 7.60. The maximum absolute atomic E-state index is 12.9. The lowest BCUT2D eigenvalue weighted by molar-refractivity contribution is -0.0208. The van der Waals surface area contributed by atoms with Crippen molar-refractivity contribution >= 4 is 0 Å². The highest BCUT2D eigenvalue weighted by Gasteiger charge is 2.38. The number of hydrogen-bond acceptors (Lipinski definition) is 1. The van der Waals surface area contributed by atoms with Gasteiger partial charge in [0.2, 0.25) is 0 Å². The van der Waals surface area contributed by atoms with E-state index in [0.717, 1.165) is 18.9 Å². The zero-order valence-corrected chi connectivity index (χ0v) is 8.88. The summed E-state index contributed by atoms with van der Waals surface area (Å²) in [4.78, 5) is 0. The van der Waals surface area contributed by atoms with Crippen molar-refractivity contribution in [3.8, 4) is 0 Å². The number of halogens is 2. The van der Waals surface area contributed by atoms with E-state index in [-0.39, 0.29) is 12.8 Å². The predicted molar refractivity (Wildman–Crippen MR) is 54.8 cm³/mol. The third-order valence-corrected chi connectivity index (χ3v) is 3.65. The Morgan fingerprint density at radius 1 is 1.13 bits per heavy atom. The summed E-state index contributed by atoms with van der Waals surface area (Å²) in [6.45, 7) is 0. The van der Waals surface area contributed by atoms with Gasteiger partial charge in [0.25, 0.3) is 5.92 Å². The standard InChI is InChI=1S/C12H18F2O/c13-12(14)7-5-11(15,6-8-12)9-10-3-1-2-4-10/h5,7,10,15H,1-4,6,8-9H2. The molecular weight excluding hydrogens is 198 g/mol. The van der Waals surface area contributed by atoms with Crippen LogP contribution in [0.3, 0.4) is 0 Å². The van der Waals surface area contributed by atoms with Crippen LogP contribution in [0.4, 0.5) is 8.78 Å². The minimum absolute atomic E-state index is 0.201. The molecule has 1 nitrogen and oxygen atoms in total. The fourth-order valence-electron chi connectivity index (χ4n) is 2.71. The first-order valence-corrected chi connectivity index (χ1v) is 5.80. The van der Waals surface area contributed by atoms with E-state index < -0.39 is 11.5 Å². The lowest BCUT2D eigenvalue weighted by Crippen LogP contribution is -2.35. The van der Waals surface area contributed by atoms with Crippen LogP contribution in [0.25, 0.3) is 0 Å². The summed E-state index contributed by atoms with van der Waals surface area (Å²) < 4.78 is 25.7. The van der Waals surface area contributed by atoms with Crippen LogP contribution in [0.15, 0.2) is 12.2 Å². The highest BCUT2D eigenvalue weighted by molar-refractivity contribution is 5.11. The van der Waals surface area contributed by atoms with Crippen molar-refractivity contribution in [2.75, 3.05) is 0 Å². The smallest absolute Gasteiger partial charge is 0.266 e. The van der Waals surface area contributed by atoms with Crippen molar-refractivity contribution in [1.82, 2.24) is 0 Å². The molecule has 0 saturated heterocycles. The summed E-state index contributed by atoms with van der Waals surface area (Å²) in [7, 11) is 0. The number of hydrogen-bond donors (Lipinski definition) is 1. The molecule has 1 unspecified atom stereocenters. The maximum atomic E-state index is 12.9. The van der Waals surface area contributed by atoms with Gasteiger partial charge in [-0.25, -0.2) is 8.78 Å². The molecule has 0 aliphatic heterocycles. The normalized spacial score (nSPS) is 35.9. The molecule has 0 radical (unpaired) electrons. The fraction of sp³-hybridized carbons (Fsp3) is 0.833. The quantitative estimate of drug-likeness (QED) is 0.702. The van der Waals surface area contributed by atoms with Crippen LogP contribution >= 0.6 is 0 Å². The zero-order valence-electron chi connectivity index (χ0n) is 8.88. The van der Waals surface area contributed by atoms with Gasteiger partial charge in [-0.05, 0) is 24.8 Å². The summed E-state index contributed by atoms with van der Waals surface area (Å²) in [5.41, 5.74) is -0.962. The number of alkyl halides is 2. The fourth-order valence-corrected chi connectivity index (χ4v) is 2.71. The predicted octanol–water partition coefficient (Wildman–Crippen LogP) is 3.28. The minimum atomic E-state index is -2.71. The highest BCUT2D eigenvalue weighted by atomic mass is 19.3. The van der Waals surface area contributed by atoms with Gasteiger partial charge in [0.1, 0.15) is 0 Å². The van der Waals surface area contributed by atoms with E-state index in [9.17, 15) is 13.9 Å². The van der Waals surface area contributed by atoms with Gasteiger partial charge in [-0.15, -0.1) is 0 Å². The molecule has 1 N–H and O–H groups in total. The van der Waals surface area contributed by atoms with Crippen molar-refractivity contribution in [2.45, 2.75) is 56.5 Å². The van der Waals surface area contributed by atoms with Gasteiger partial charge in [0, 0.05) is 6.42 Å². The lowest BCUT2D eigenvalue weighted by Gasteiger charge is -2.32. The Morgan fingerprint density at radius 3 is 2.33 bits per heavy atom. The molecule has 3 heteroatoms. The average molecular weight is 216 g/mol. The Bertz CT molecular complexity index is 256. The van der Waals surface area contributed by atoms with E-state index in [1.807, 2.05) is 0 Å². The van der Waals surface area contributed by atoms with E-state index >= 15 is 0 Å². The Morgan fingerprint density at radius 2 is 1.80 bits per heavy atom. The molecule has 0 spiro atoms. The van der Waals surface area contributed by atoms with Crippen molar-refractivity contribution in [2.24, 2.45) is 5.92 Å². The molecular formula is C12H18F2O. The van der Waals surface area contributed by atoms with E-state index in [0.29, 0.717) is 12.3 Å². The molecule has 0 aromatic heterocycles. The first kappa shape index (κ1) is 11.1. The molecule has 0 heterocycles. The number of rotatable bonds is 2. The van der Waals surface area contributed by atoms with Gasteiger partial charge in [0.15, 0.2) is 0 Å². The molecule has 0 amide bonds. The van der Waals surface area contributed by atoms with E-state index in [1.165, 1.54) is 18.9 Å². The molecule has 2 aliphatic rings. The van der Waals surface area contributed by atoms with Crippen molar-refractivity contribution in [3.63, 3.8) is 0 Å². The second kappa shape index (κ2) is 3.85. The van der Waals surface area contributed by atoms with Crippen LogP contribution in [0.5, 0.6) is 0 Å². The van der Waals surface area contributed by atoms with Crippen molar-refractivity contribution in [1.29, 1.82) is 0 Å². The largest absolute Gasteiger partial charge is 0.386 e. The van der Waals surface area contributed by atoms with Crippen LogP contribution in [0, 0.1) is 5.92 Å². The van der Waals surface area contributed by atoms with E-state index in [4.69, 9.17) is 0 Å². The van der Waals surface area contributed by atoms with E-state index in [1.54, 1.807) is 0 Å². The SMILES string of the molecule is OC1(CC2CCCC2)C=CC(F)(F)CC1. The molecule has 1 fully saturated rings. The minimum Gasteiger partial charge on any atom is -0.386 e. The van der Waals surface area contributed by atoms with Crippen LogP contribution in [-0.2, 0) is 0 Å². The van der Waals surface area contributed by atoms with Crippen LogP contribution < -0.4 is 0 Å². The monoisotopic (exact) mass is 216 g/mol. The van der Waals surface area contributed by atoms with Gasteiger partial charge >= 0.3 is 0 Å². The number of aliphatic hydroxyl groups is 1. The van der Waals surface area contributed by atoms with E-state index in [2.05, 4.69) is 0 Å². The second-order valence-electron chi connectivity index (χ2n) is 5.05. The molecule has 0 aromatic carbocycles. The van der Waals surface area contributed by atoms with Gasteiger partial charge in [0.05, 0.1) is 5.60 Å². The van der Waals surface area contributed by atoms with Gasteiger partial charge in [-0.3, -0.25) is 0 Å². The summed E-state index contributed by atoms with van der Waals surface area (Å²) in [5, 5.41) is 10.1. The van der Waals surface area contributed by atoms with Crippen LogP contribution in [0.2, 0.25) is 0 Å².